The summed E-state index contributed by atoms with van der Waals surface area (Å²) in [4.78, 5) is 18.7. The molecular weight excluding hydrogens is 236 g/mol. The van der Waals surface area contributed by atoms with Crippen LogP contribution in [-0.2, 0) is 6.54 Å². The van der Waals surface area contributed by atoms with Crippen LogP contribution < -0.4 is 15.8 Å². The molecule has 2 aromatic rings. The van der Waals surface area contributed by atoms with E-state index in [0.29, 0.717) is 0 Å². The lowest BCUT2D eigenvalue weighted by atomic mass is 10.3. The van der Waals surface area contributed by atoms with Crippen molar-refractivity contribution in [3.8, 4) is 0 Å². The van der Waals surface area contributed by atoms with Crippen LogP contribution in [0.2, 0.25) is 0 Å². The van der Waals surface area contributed by atoms with Crippen LogP contribution in [0.3, 0.4) is 0 Å². The van der Waals surface area contributed by atoms with Crippen LogP contribution in [0.1, 0.15) is 5.69 Å². The summed E-state index contributed by atoms with van der Waals surface area (Å²) < 4.78 is 1.60. The van der Waals surface area contributed by atoms with E-state index in [1.54, 1.807) is 16.7 Å². The van der Waals surface area contributed by atoms with Crippen LogP contribution in [0.4, 0.5) is 0 Å². The van der Waals surface area contributed by atoms with Crippen molar-refractivity contribution in [2.45, 2.75) is 6.54 Å². The van der Waals surface area contributed by atoms with Gasteiger partial charge in [-0.2, -0.15) is 0 Å². The average Bonchev–Trinajstić information content (AvgIpc) is 2.79. The number of thiazole rings is 1. The number of quaternary nitrogens is 2. The van der Waals surface area contributed by atoms with Gasteiger partial charge in [-0.3, -0.25) is 9.20 Å². The molecule has 1 aliphatic heterocycles. The van der Waals surface area contributed by atoms with Gasteiger partial charge in [-0.05, 0) is 0 Å². The smallest absolute Gasteiger partial charge is 0.258 e. The second-order valence-electron chi connectivity index (χ2n) is 4.43. The van der Waals surface area contributed by atoms with Crippen molar-refractivity contribution in [3.63, 3.8) is 0 Å². The standard InChI is InChI=1S/C11H14N4OS/c16-10-7-9(8-14-3-1-12-2-4-14)13-11-15(10)5-6-17-11/h5-7,12H,1-4,8H2/p+2. The summed E-state index contributed by atoms with van der Waals surface area (Å²) in [5.41, 5.74) is 0.962. The predicted molar refractivity (Wildman–Crippen MR) is 65.4 cm³/mol. The van der Waals surface area contributed by atoms with Gasteiger partial charge in [0, 0.05) is 17.6 Å². The van der Waals surface area contributed by atoms with E-state index in [-0.39, 0.29) is 5.56 Å². The Morgan fingerprint density at radius 3 is 3.12 bits per heavy atom. The Balaban J connectivity index is 1.87. The van der Waals surface area contributed by atoms with E-state index in [1.165, 1.54) is 29.3 Å². The first-order valence-electron chi connectivity index (χ1n) is 5.94. The molecule has 17 heavy (non-hydrogen) atoms. The molecule has 0 aromatic carbocycles. The zero-order valence-corrected chi connectivity index (χ0v) is 10.4. The van der Waals surface area contributed by atoms with E-state index in [1.807, 2.05) is 5.38 Å². The van der Waals surface area contributed by atoms with Gasteiger partial charge in [0.2, 0.25) is 0 Å². The molecule has 0 unspecified atom stereocenters. The average molecular weight is 252 g/mol. The molecule has 1 saturated heterocycles. The SMILES string of the molecule is O=c1cc(C[NH+]2CC[NH2+]CC2)nc2sccn12. The van der Waals surface area contributed by atoms with E-state index >= 15 is 0 Å². The molecule has 3 heterocycles. The summed E-state index contributed by atoms with van der Waals surface area (Å²) in [7, 11) is 0. The molecule has 2 aromatic heterocycles. The van der Waals surface area contributed by atoms with Crippen molar-refractivity contribution in [3.05, 3.63) is 33.7 Å². The van der Waals surface area contributed by atoms with Gasteiger partial charge in [0.05, 0.1) is 0 Å². The fourth-order valence-electron chi connectivity index (χ4n) is 2.29. The summed E-state index contributed by atoms with van der Waals surface area (Å²) in [6, 6.07) is 1.67. The first kappa shape index (κ1) is 10.9. The Morgan fingerprint density at radius 1 is 1.47 bits per heavy atom. The van der Waals surface area contributed by atoms with Crippen molar-refractivity contribution in [2.24, 2.45) is 0 Å². The second-order valence-corrected chi connectivity index (χ2v) is 5.31. The normalized spacial score (nSPS) is 17.6. The number of hydrogen-bond donors (Lipinski definition) is 2. The number of rotatable bonds is 2. The fourth-order valence-corrected chi connectivity index (χ4v) is 3.03. The largest absolute Gasteiger partial charge is 0.337 e. The lowest BCUT2D eigenvalue weighted by Gasteiger charge is -2.21. The van der Waals surface area contributed by atoms with Gasteiger partial charge in [0.1, 0.15) is 38.4 Å². The minimum absolute atomic E-state index is 0.0363. The number of hydrogen-bond acceptors (Lipinski definition) is 3. The zero-order valence-electron chi connectivity index (χ0n) is 9.56. The Labute approximate surface area is 103 Å². The van der Waals surface area contributed by atoms with E-state index in [9.17, 15) is 4.79 Å². The third kappa shape index (κ3) is 2.24. The van der Waals surface area contributed by atoms with Crippen molar-refractivity contribution >= 4 is 16.3 Å². The Hall–Kier alpha value is -1.24. The van der Waals surface area contributed by atoms with Crippen molar-refractivity contribution < 1.29 is 10.2 Å². The highest BCUT2D eigenvalue weighted by Crippen LogP contribution is 2.05. The molecule has 0 atom stereocenters. The summed E-state index contributed by atoms with van der Waals surface area (Å²) >= 11 is 1.51. The molecule has 5 nitrogen and oxygen atoms in total. The molecule has 90 valence electrons. The topological polar surface area (TPSA) is 55.4 Å². The maximum atomic E-state index is 11.8. The minimum Gasteiger partial charge on any atom is -0.337 e. The number of nitrogens with two attached hydrogens (primary N) is 1. The van der Waals surface area contributed by atoms with Gasteiger partial charge in [-0.15, -0.1) is 11.3 Å². The number of fused-ring (bicyclic) bond motifs is 1. The lowest BCUT2D eigenvalue weighted by Crippen LogP contribution is -3.19. The van der Waals surface area contributed by atoms with E-state index < -0.39 is 0 Å². The number of piperazine rings is 1. The quantitative estimate of drug-likeness (QED) is 0.633. The molecule has 3 N–H and O–H groups in total. The van der Waals surface area contributed by atoms with Gasteiger partial charge in [-0.1, -0.05) is 0 Å². The predicted octanol–water partition coefficient (Wildman–Crippen LogP) is -2.28. The molecule has 0 spiro atoms. The van der Waals surface area contributed by atoms with E-state index in [4.69, 9.17) is 0 Å². The van der Waals surface area contributed by atoms with Gasteiger partial charge in [-0.25, -0.2) is 4.98 Å². The fraction of sp³-hybridized carbons (Fsp3) is 0.455. The van der Waals surface area contributed by atoms with Gasteiger partial charge in [0.25, 0.3) is 5.56 Å². The third-order valence-electron chi connectivity index (χ3n) is 3.19. The molecule has 1 aliphatic rings. The van der Waals surface area contributed by atoms with Crippen LogP contribution in [0.5, 0.6) is 0 Å². The molecular formula is C11H16N4OS+2. The maximum absolute atomic E-state index is 11.8. The Kier molecular flexibility index (Phi) is 2.92. The summed E-state index contributed by atoms with van der Waals surface area (Å²) in [6.07, 6.45) is 1.78. The Morgan fingerprint density at radius 2 is 2.29 bits per heavy atom. The van der Waals surface area contributed by atoms with Crippen LogP contribution in [-0.4, -0.2) is 35.6 Å². The van der Waals surface area contributed by atoms with Gasteiger partial charge in [0.15, 0.2) is 4.96 Å². The second kappa shape index (κ2) is 4.56. The lowest BCUT2D eigenvalue weighted by molar-refractivity contribution is -0.958. The highest BCUT2D eigenvalue weighted by molar-refractivity contribution is 7.15. The van der Waals surface area contributed by atoms with Crippen LogP contribution >= 0.6 is 11.3 Å². The summed E-state index contributed by atoms with van der Waals surface area (Å²) in [5.74, 6) is 0. The van der Waals surface area contributed by atoms with Gasteiger partial charge >= 0.3 is 0 Å². The van der Waals surface area contributed by atoms with Crippen molar-refractivity contribution in [1.82, 2.24) is 9.38 Å². The summed E-state index contributed by atoms with van der Waals surface area (Å²) in [5, 5.41) is 4.24. The molecule has 0 radical (unpaired) electrons. The molecule has 0 saturated carbocycles. The number of nitrogens with zero attached hydrogens (tertiary/aromatic N) is 2. The van der Waals surface area contributed by atoms with E-state index in [0.717, 1.165) is 30.3 Å². The maximum Gasteiger partial charge on any atom is 0.258 e. The molecule has 6 heteroatoms. The van der Waals surface area contributed by atoms with Gasteiger partial charge < -0.3 is 10.2 Å². The monoisotopic (exact) mass is 252 g/mol. The van der Waals surface area contributed by atoms with Crippen LogP contribution in [0.25, 0.3) is 4.96 Å². The zero-order chi connectivity index (χ0) is 11.7. The minimum atomic E-state index is 0.0363. The first-order valence-corrected chi connectivity index (χ1v) is 6.82. The van der Waals surface area contributed by atoms with Crippen LogP contribution in [0.15, 0.2) is 22.4 Å². The van der Waals surface area contributed by atoms with Crippen molar-refractivity contribution in [1.29, 1.82) is 0 Å². The molecule has 1 fully saturated rings. The molecule has 0 amide bonds. The molecule has 0 aliphatic carbocycles. The van der Waals surface area contributed by atoms with E-state index in [2.05, 4.69) is 10.3 Å². The Bertz CT molecular complexity index is 570. The first-order chi connectivity index (χ1) is 8.33. The molecule has 3 rings (SSSR count). The highest BCUT2D eigenvalue weighted by Gasteiger charge is 2.17. The number of aromatic nitrogens is 2. The number of nitrogens with one attached hydrogen (secondary N) is 1. The molecule has 0 bridgehead atoms. The summed E-state index contributed by atoms with van der Waals surface area (Å²) in [6.45, 7) is 5.54. The third-order valence-corrected chi connectivity index (χ3v) is 3.95. The van der Waals surface area contributed by atoms with Crippen LogP contribution in [0, 0.1) is 0 Å². The van der Waals surface area contributed by atoms with Crippen molar-refractivity contribution in [2.75, 3.05) is 26.2 Å². The highest BCUT2D eigenvalue weighted by atomic mass is 32.1.